The molecule has 2 atom stereocenters. The standard InChI is InChI=1S/C30H35F3N4O3/c1-19-23-5-4-6-26(27(23)31)30(32,33)11-9-20-16-37(17-20)12-2-3-13-39-29-24-8-7-21(40-22-10-14-38-18-22)15-25(24)28(34-19)35-36-29/h4-8,15,19-20,22H,2-3,9-14,16-18H2,1H3,(H,34,35)/t19-,22?/m1/s1. The molecular weight excluding hydrogens is 521 g/mol. The summed E-state index contributed by atoms with van der Waals surface area (Å²) in [5.41, 5.74) is -0.412. The van der Waals surface area contributed by atoms with Crippen LogP contribution in [0.3, 0.4) is 0 Å². The fourth-order valence-corrected chi connectivity index (χ4v) is 5.81. The molecule has 10 heteroatoms. The van der Waals surface area contributed by atoms with Gasteiger partial charge in [0.15, 0.2) is 5.82 Å². The van der Waals surface area contributed by atoms with Crippen molar-refractivity contribution in [2.75, 3.05) is 44.8 Å². The van der Waals surface area contributed by atoms with E-state index in [-0.39, 0.29) is 24.0 Å². The highest BCUT2D eigenvalue weighted by Gasteiger charge is 2.38. The van der Waals surface area contributed by atoms with E-state index < -0.39 is 23.3 Å². The molecule has 2 fully saturated rings. The number of hydrogen-bond acceptors (Lipinski definition) is 7. The quantitative estimate of drug-likeness (QED) is 0.410. The van der Waals surface area contributed by atoms with Crippen molar-refractivity contribution in [2.24, 2.45) is 5.92 Å². The molecule has 1 aromatic heterocycles. The van der Waals surface area contributed by atoms with E-state index in [0.29, 0.717) is 49.1 Å². The lowest BCUT2D eigenvalue weighted by Crippen LogP contribution is -2.47. The third kappa shape index (κ3) is 5.69. The number of benzene rings is 2. The van der Waals surface area contributed by atoms with Gasteiger partial charge >= 0.3 is 0 Å². The van der Waals surface area contributed by atoms with Crippen LogP contribution in [0.2, 0.25) is 0 Å². The maximum Gasteiger partial charge on any atom is 0.276 e. The van der Waals surface area contributed by atoms with Gasteiger partial charge in [0.05, 0.1) is 31.4 Å². The van der Waals surface area contributed by atoms with Crippen molar-refractivity contribution in [3.8, 4) is 11.6 Å². The highest BCUT2D eigenvalue weighted by molar-refractivity contribution is 5.95. The summed E-state index contributed by atoms with van der Waals surface area (Å²) >= 11 is 0. The van der Waals surface area contributed by atoms with Crippen molar-refractivity contribution in [3.63, 3.8) is 0 Å². The molecule has 9 rings (SSSR count). The molecule has 0 aliphatic carbocycles. The molecule has 40 heavy (non-hydrogen) atoms. The predicted octanol–water partition coefficient (Wildman–Crippen LogP) is 6.09. The third-order valence-corrected chi connectivity index (χ3v) is 8.16. The molecule has 6 bridgehead atoms. The Morgan fingerprint density at radius 3 is 2.75 bits per heavy atom. The largest absolute Gasteiger partial charge is 0.488 e. The van der Waals surface area contributed by atoms with Gasteiger partial charge in [-0.25, -0.2) is 13.2 Å². The van der Waals surface area contributed by atoms with E-state index >= 15 is 13.2 Å². The van der Waals surface area contributed by atoms with Crippen molar-refractivity contribution in [3.05, 3.63) is 53.3 Å². The average Bonchev–Trinajstić information content (AvgIpc) is 3.42. The lowest BCUT2D eigenvalue weighted by atomic mass is 9.90. The number of aromatic nitrogens is 2. The monoisotopic (exact) mass is 556 g/mol. The first kappa shape index (κ1) is 27.1. The lowest BCUT2D eigenvalue weighted by molar-refractivity contribution is -0.0321. The summed E-state index contributed by atoms with van der Waals surface area (Å²) in [5, 5.41) is 13.3. The van der Waals surface area contributed by atoms with Crippen LogP contribution in [0, 0.1) is 11.7 Å². The minimum atomic E-state index is -3.25. The number of ether oxygens (including phenoxy) is 3. The summed E-state index contributed by atoms with van der Waals surface area (Å²) in [5.74, 6) is -2.47. The maximum atomic E-state index is 15.6. The molecule has 2 saturated heterocycles. The molecule has 0 saturated carbocycles. The normalized spacial score (nSPS) is 26.9. The van der Waals surface area contributed by atoms with Gasteiger partial charge < -0.3 is 24.4 Å². The van der Waals surface area contributed by atoms with Crippen LogP contribution in [0.5, 0.6) is 11.6 Å². The molecule has 7 heterocycles. The zero-order valence-corrected chi connectivity index (χ0v) is 22.7. The fraction of sp³-hybridized carbons (Fsp3) is 0.533. The fourth-order valence-electron chi connectivity index (χ4n) is 5.81. The van der Waals surface area contributed by atoms with E-state index in [2.05, 4.69) is 20.4 Å². The summed E-state index contributed by atoms with van der Waals surface area (Å²) in [7, 11) is 0. The van der Waals surface area contributed by atoms with Gasteiger partial charge in [-0.3, -0.25) is 0 Å². The van der Waals surface area contributed by atoms with Gasteiger partial charge in [-0.1, -0.05) is 18.2 Å². The smallest absolute Gasteiger partial charge is 0.276 e. The zero-order valence-electron chi connectivity index (χ0n) is 22.7. The summed E-state index contributed by atoms with van der Waals surface area (Å²) in [4.78, 5) is 2.27. The second-order valence-corrected chi connectivity index (χ2v) is 11.2. The maximum absolute atomic E-state index is 15.6. The van der Waals surface area contributed by atoms with Crippen LogP contribution in [-0.2, 0) is 10.7 Å². The molecule has 0 spiro atoms. The van der Waals surface area contributed by atoms with Gasteiger partial charge in [0, 0.05) is 42.3 Å². The first-order valence-electron chi connectivity index (χ1n) is 14.2. The molecule has 6 aliphatic rings. The van der Waals surface area contributed by atoms with Gasteiger partial charge in [-0.2, -0.15) is 0 Å². The highest BCUT2D eigenvalue weighted by atomic mass is 19.3. The van der Waals surface area contributed by atoms with Crippen molar-refractivity contribution in [1.29, 1.82) is 0 Å². The molecule has 0 amide bonds. The van der Waals surface area contributed by atoms with Crippen LogP contribution < -0.4 is 14.8 Å². The highest BCUT2D eigenvalue weighted by Crippen LogP contribution is 2.40. The Kier molecular flexibility index (Phi) is 7.72. The van der Waals surface area contributed by atoms with Crippen LogP contribution in [0.15, 0.2) is 36.4 Å². The Morgan fingerprint density at radius 2 is 1.93 bits per heavy atom. The molecule has 6 aliphatic heterocycles. The topological polar surface area (TPSA) is 68.7 Å². The van der Waals surface area contributed by atoms with E-state index in [0.717, 1.165) is 44.3 Å². The SMILES string of the molecule is C[C@H]1Nc2nnc(c3ccc(OC4CCOC4)cc23)OCCCCN2CC(CCC(F)(F)c3cccc1c3F)C2. The van der Waals surface area contributed by atoms with Gasteiger partial charge in [0.2, 0.25) is 5.88 Å². The van der Waals surface area contributed by atoms with Gasteiger partial charge in [0.1, 0.15) is 17.7 Å². The first-order chi connectivity index (χ1) is 19.4. The Balaban J connectivity index is 1.35. The second-order valence-electron chi connectivity index (χ2n) is 11.2. The van der Waals surface area contributed by atoms with E-state index in [9.17, 15) is 0 Å². The molecule has 3 aromatic rings. The molecule has 7 nitrogen and oxygen atoms in total. The zero-order chi connectivity index (χ0) is 27.7. The van der Waals surface area contributed by atoms with Crippen LogP contribution in [-0.4, -0.2) is 60.7 Å². The van der Waals surface area contributed by atoms with Crippen LogP contribution >= 0.6 is 0 Å². The molecule has 1 unspecified atom stereocenters. The number of rotatable bonds is 2. The number of anilines is 1. The summed E-state index contributed by atoms with van der Waals surface area (Å²) in [6, 6.07) is 9.18. The molecule has 1 N–H and O–H groups in total. The Labute approximate surface area is 232 Å². The van der Waals surface area contributed by atoms with E-state index in [4.69, 9.17) is 14.2 Å². The number of nitrogens with zero attached hydrogens (tertiary/aromatic N) is 3. The van der Waals surface area contributed by atoms with E-state index in [1.165, 1.54) is 18.2 Å². The van der Waals surface area contributed by atoms with Crippen LogP contribution in [0.1, 0.15) is 56.2 Å². The Hall–Kier alpha value is -3.11. The summed E-state index contributed by atoms with van der Waals surface area (Å²) < 4.78 is 63.7. The predicted molar refractivity (Wildman–Crippen MR) is 146 cm³/mol. The molecule has 0 radical (unpaired) electrons. The lowest BCUT2D eigenvalue weighted by Gasteiger charge is -2.40. The number of nitrogens with one attached hydrogen (secondary N) is 1. The average molecular weight is 557 g/mol. The van der Waals surface area contributed by atoms with Gasteiger partial charge in [-0.05, 0) is 56.8 Å². The Bertz CT molecular complexity index is 1350. The molecule has 2 aromatic carbocycles. The van der Waals surface area contributed by atoms with Gasteiger partial charge in [0.25, 0.3) is 5.92 Å². The second kappa shape index (κ2) is 11.4. The minimum Gasteiger partial charge on any atom is -0.488 e. The van der Waals surface area contributed by atoms with E-state index in [1.54, 1.807) is 6.92 Å². The number of halogens is 3. The van der Waals surface area contributed by atoms with Gasteiger partial charge in [-0.15, -0.1) is 10.2 Å². The van der Waals surface area contributed by atoms with E-state index in [1.807, 2.05) is 18.2 Å². The molecule has 214 valence electrons. The Morgan fingerprint density at radius 1 is 1.05 bits per heavy atom. The summed E-state index contributed by atoms with van der Waals surface area (Å²) in [6.07, 6.45) is 2.55. The van der Waals surface area contributed by atoms with Crippen molar-refractivity contribution >= 4 is 16.6 Å². The van der Waals surface area contributed by atoms with Crippen molar-refractivity contribution in [1.82, 2.24) is 15.1 Å². The minimum absolute atomic E-state index is 0.0367. The number of alkyl halides is 2. The summed E-state index contributed by atoms with van der Waals surface area (Å²) in [6.45, 7) is 5.90. The molecular formula is C30H35F3N4O3. The van der Waals surface area contributed by atoms with Crippen LogP contribution in [0.25, 0.3) is 10.8 Å². The third-order valence-electron chi connectivity index (χ3n) is 8.16. The van der Waals surface area contributed by atoms with Crippen LogP contribution in [0.4, 0.5) is 19.0 Å². The van der Waals surface area contributed by atoms with Crippen molar-refractivity contribution in [2.45, 2.75) is 57.1 Å². The first-order valence-corrected chi connectivity index (χ1v) is 14.2. The van der Waals surface area contributed by atoms with Crippen molar-refractivity contribution < 1.29 is 27.4 Å². The number of hydrogen-bond donors (Lipinski definition) is 1.